The third-order valence-electron chi connectivity index (χ3n) is 2.77. The van der Waals surface area contributed by atoms with E-state index in [0.29, 0.717) is 5.13 Å². The number of anilines is 2. The van der Waals surface area contributed by atoms with Gasteiger partial charge in [-0.05, 0) is 30.3 Å². The third kappa shape index (κ3) is 2.42. The van der Waals surface area contributed by atoms with E-state index in [1.54, 1.807) is 13.2 Å². The van der Waals surface area contributed by atoms with Crippen LogP contribution in [-0.4, -0.2) is 12.1 Å². The second-order valence-corrected chi connectivity index (χ2v) is 5.13. The van der Waals surface area contributed by atoms with Crippen molar-refractivity contribution in [3.8, 4) is 5.75 Å². The molecule has 0 fully saturated rings. The van der Waals surface area contributed by atoms with Crippen molar-refractivity contribution in [2.45, 2.75) is 0 Å². The molecule has 3 aromatic rings. The lowest BCUT2D eigenvalue weighted by Gasteiger charge is -2.03. The largest absolute Gasteiger partial charge is 0.497 e. The summed E-state index contributed by atoms with van der Waals surface area (Å²) < 4.78 is 32.7. The molecule has 0 saturated carbocycles. The Morgan fingerprint density at radius 2 is 2.00 bits per heavy atom. The number of thiazole rings is 1. The lowest BCUT2D eigenvalue weighted by Crippen LogP contribution is -1.93. The standard InChI is InChI=1S/C14H10F2N2OS/c1-19-9-3-5-11-13(7-9)20-14(17-11)18-12-6-8(15)2-4-10(12)16/h2-7H,1H3,(H,17,18). The van der Waals surface area contributed by atoms with Crippen molar-refractivity contribution < 1.29 is 13.5 Å². The highest BCUT2D eigenvalue weighted by Gasteiger charge is 2.08. The predicted molar refractivity (Wildman–Crippen MR) is 75.8 cm³/mol. The van der Waals surface area contributed by atoms with E-state index in [-0.39, 0.29) is 5.69 Å². The minimum absolute atomic E-state index is 0.0658. The summed E-state index contributed by atoms with van der Waals surface area (Å²) in [7, 11) is 1.59. The molecule has 1 heterocycles. The zero-order valence-corrected chi connectivity index (χ0v) is 11.3. The quantitative estimate of drug-likeness (QED) is 0.780. The second kappa shape index (κ2) is 5.05. The normalized spacial score (nSPS) is 10.8. The van der Waals surface area contributed by atoms with Crippen LogP contribution in [0.4, 0.5) is 19.6 Å². The molecule has 1 N–H and O–H groups in total. The van der Waals surface area contributed by atoms with Gasteiger partial charge in [-0.2, -0.15) is 0 Å². The van der Waals surface area contributed by atoms with Gasteiger partial charge in [0.05, 0.1) is 23.0 Å². The summed E-state index contributed by atoms with van der Waals surface area (Å²) in [6.07, 6.45) is 0. The Morgan fingerprint density at radius 3 is 2.80 bits per heavy atom. The summed E-state index contributed by atoms with van der Waals surface area (Å²) in [5.74, 6) is -0.301. The number of hydrogen-bond donors (Lipinski definition) is 1. The molecule has 0 amide bonds. The fraction of sp³-hybridized carbons (Fsp3) is 0.0714. The van der Waals surface area contributed by atoms with Crippen LogP contribution < -0.4 is 10.1 Å². The Balaban J connectivity index is 1.96. The molecule has 2 aromatic carbocycles. The van der Waals surface area contributed by atoms with E-state index in [9.17, 15) is 8.78 Å². The Bertz CT molecular complexity index is 773. The Kier molecular flexibility index (Phi) is 3.23. The molecular formula is C14H10F2N2OS. The van der Waals surface area contributed by atoms with Crippen LogP contribution in [0, 0.1) is 11.6 Å². The summed E-state index contributed by atoms with van der Waals surface area (Å²) in [6, 6.07) is 8.71. The highest BCUT2D eigenvalue weighted by Crippen LogP contribution is 2.31. The van der Waals surface area contributed by atoms with Crippen LogP contribution in [0.2, 0.25) is 0 Å². The van der Waals surface area contributed by atoms with Crippen molar-refractivity contribution in [2.75, 3.05) is 12.4 Å². The Hall–Kier alpha value is -2.21. The van der Waals surface area contributed by atoms with Crippen LogP contribution in [0.25, 0.3) is 10.2 Å². The van der Waals surface area contributed by atoms with Crippen molar-refractivity contribution in [2.24, 2.45) is 0 Å². The van der Waals surface area contributed by atoms with Crippen LogP contribution in [0.3, 0.4) is 0 Å². The van der Waals surface area contributed by atoms with Crippen molar-refractivity contribution in [1.29, 1.82) is 0 Å². The van der Waals surface area contributed by atoms with Gasteiger partial charge in [0.2, 0.25) is 0 Å². The van der Waals surface area contributed by atoms with Gasteiger partial charge in [-0.25, -0.2) is 13.8 Å². The van der Waals surface area contributed by atoms with Crippen molar-refractivity contribution in [1.82, 2.24) is 4.98 Å². The number of nitrogens with one attached hydrogen (secondary N) is 1. The molecule has 3 nitrogen and oxygen atoms in total. The average molecular weight is 292 g/mol. The van der Waals surface area contributed by atoms with Gasteiger partial charge in [-0.3, -0.25) is 0 Å². The summed E-state index contributed by atoms with van der Waals surface area (Å²) in [5.41, 5.74) is 0.839. The monoisotopic (exact) mass is 292 g/mol. The highest BCUT2D eigenvalue weighted by molar-refractivity contribution is 7.22. The highest BCUT2D eigenvalue weighted by atomic mass is 32.1. The maximum absolute atomic E-state index is 13.6. The smallest absolute Gasteiger partial charge is 0.188 e. The molecule has 0 unspecified atom stereocenters. The van der Waals surface area contributed by atoms with E-state index in [4.69, 9.17) is 4.74 Å². The molecule has 102 valence electrons. The fourth-order valence-electron chi connectivity index (χ4n) is 1.79. The molecule has 0 bridgehead atoms. The van der Waals surface area contributed by atoms with Crippen LogP contribution in [0.5, 0.6) is 5.75 Å². The Morgan fingerprint density at radius 1 is 1.15 bits per heavy atom. The van der Waals surface area contributed by atoms with E-state index in [2.05, 4.69) is 10.3 Å². The molecule has 6 heteroatoms. The van der Waals surface area contributed by atoms with Crippen LogP contribution >= 0.6 is 11.3 Å². The number of hydrogen-bond acceptors (Lipinski definition) is 4. The van der Waals surface area contributed by atoms with Gasteiger partial charge in [-0.15, -0.1) is 0 Å². The number of nitrogens with zero attached hydrogens (tertiary/aromatic N) is 1. The molecule has 0 radical (unpaired) electrons. The van der Waals surface area contributed by atoms with Crippen molar-refractivity contribution in [3.63, 3.8) is 0 Å². The second-order valence-electron chi connectivity index (χ2n) is 4.10. The molecule has 1 aromatic heterocycles. The maximum Gasteiger partial charge on any atom is 0.188 e. The van der Waals surface area contributed by atoms with Gasteiger partial charge in [0.25, 0.3) is 0 Å². The summed E-state index contributed by atoms with van der Waals surface area (Å²) in [6.45, 7) is 0. The summed E-state index contributed by atoms with van der Waals surface area (Å²) in [4.78, 5) is 4.32. The van der Waals surface area contributed by atoms with Crippen LogP contribution in [0.1, 0.15) is 0 Å². The predicted octanol–water partition coefficient (Wildman–Crippen LogP) is 4.33. The van der Waals surface area contributed by atoms with Gasteiger partial charge in [0, 0.05) is 6.07 Å². The first-order valence-corrected chi connectivity index (χ1v) is 6.64. The van der Waals surface area contributed by atoms with Crippen molar-refractivity contribution >= 4 is 32.4 Å². The molecule has 0 spiro atoms. The summed E-state index contributed by atoms with van der Waals surface area (Å²) >= 11 is 1.34. The molecule has 0 aliphatic rings. The molecule has 0 aliphatic carbocycles. The lowest BCUT2D eigenvalue weighted by atomic mass is 10.3. The number of benzene rings is 2. The van der Waals surface area contributed by atoms with E-state index in [1.807, 2.05) is 12.1 Å². The number of rotatable bonds is 3. The third-order valence-corrected chi connectivity index (χ3v) is 3.70. The molecule has 20 heavy (non-hydrogen) atoms. The first-order valence-electron chi connectivity index (χ1n) is 5.82. The zero-order chi connectivity index (χ0) is 14.1. The zero-order valence-electron chi connectivity index (χ0n) is 10.5. The van der Waals surface area contributed by atoms with Gasteiger partial charge >= 0.3 is 0 Å². The van der Waals surface area contributed by atoms with E-state index < -0.39 is 11.6 Å². The first-order chi connectivity index (χ1) is 9.65. The molecule has 0 saturated heterocycles. The number of aromatic nitrogens is 1. The van der Waals surface area contributed by atoms with Gasteiger partial charge in [-0.1, -0.05) is 11.3 Å². The number of halogens is 2. The van der Waals surface area contributed by atoms with Crippen LogP contribution in [0.15, 0.2) is 36.4 Å². The fourth-order valence-corrected chi connectivity index (χ4v) is 2.70. The molecular weight excluding hydrogens is 282 g/mol. The lowest BCUT2D eigenvalue weighted by molar-refractivity contribution is 0.415. The molecule has 0 atom stereocenters. The van der Waals surface area contributed by atoms with Gasteiger partial charge in [0.15, 0.2) is 5.13 Å². The number of methoxy groups -OCH3 is 1. The topological polar surface area (TPSA) is 34.1 Å². The molecule has 3 rings (SSSR count). The van der Waals surface area contributed by atoms with E-state index in [1.165, 1.54) is 11.3 Å². The number of fused-ring (bicyclic) bond motifs is 1. The minimum Gasteiger partial charge on any atom is -0.497 e. The maximum atomic E-state index is 13.6. The van der Waals surface area contributed by atoms with Gasteiger partial charge in [0.1, 0.15) is 17.4 Å². The van der Waals surface area contributed by atoms with Gasteiger partial charge < -0.3 is 10.1 Å². The average Bonchev–Trinajstić information content (AvgIpc) is 2.84. The molecule has 0 aliphatic heterocycles. The van der Waals surface area contributed by atoms with E-state index in [0.717, 1.165) is 34.2 Å². The number of ether oxygens (including phenoxy) is 1. The first kappa shape index (κ1) is 12.8. The minimum atomic E-state index is -0.525. The van der Waals surface area contributed by atoms with E-state index >= 15 is 0 Å². The Labute approximate surface area is 117 Å². The SMILES string of the molecule is COc1ccc2nc(Nc3cc(F)ccc3F)sc2c1. The van der Waals surface area contributed by atoms with Crippen LogP contribution in [-0.2, 0) is 0 Å². The summed E-state index contributed by atoms with van der Waals surface area (Å²) in [5, 5.41) is 3.29. The van der Waals surface area contributed by atoms with Crippen molar-refractivity contribution in [3.05, 3.63) is 48.0 Å².